The molecule has 2 rings (SSSR count). The summed E-state index contributed by atoms with van der Waals surface area (Å²) in [6, 6.07) is 13.9. The number of hydrogen-bond donors (Lipinski definition) is 1. The van der Waals surface area contributed by atoms with Gasteiger partial charge in [-0.05, 0) is 30.7 Å². The molecule has 0 spiro atoms. The average Bonchev–Trinajstić information content (AvgIpc) is 2.48. The summed E-state index contributed by atoms with van der Waals surface area (Å²) in [6.07, 6.45) is 2.29. The van der Waals surface area contributed by atoms with Crippen LogP contribution in [0.2, 0.25) is 5.02 Å². The van der Waals surface area contributed by atoms with Gasteiger partial charge in [0.25, 0.3) is 0 Å². The van der Waals surface area contributed by atoms with Gasteiger partial charge in [-0.2, -0.15) is 0 Å². The fourth-order valence-electron chi connectivity index (χ4n) is 2.08. The Morgan fingerprint density at radius 2 is 1.90 bits per heavy atom. The summed E-state index contributed by atoms with van der Waals surface area (Å²) in [5, 5.41) is 0.664. The number of halogens is 1. The normalized spacial score (nSPS) is 10.5. The van der Waals surface area contributed by atoms with Crippen molar-refractivity contribution >= 4 is 23.1 Å². The van der Waals surface area contributed by atoms with E-state index in [1.54, 1.807) is 6.07 Å². The van der Waals surface area contributed by atoms with E-state index in [1.807, 2.05) is 24.3 Å². The highest BCUT2D eigenvalue weighted by atomic mass is 35.5. The van der Waals surface area contributed by atoms with E-state index in [0.717, 1.165) is 25.1 Å². The van der Waals surface area contributed by atoms with Crippen LogP contribution in [0.4, 0.5) is 11.5 Å². The number of benzene rings is 1. The van der Waals surface area contributed by atoms with E-state index < -0.39 is 0 Å². The molecule has 0 unspecified atom stereocenters. The molecule has 20 heavy (non-hydrogen) atoms. The smallest absolute Gasteiger partial charge is 0.123 e. The van der Waals surface area contributed by atoms with E-state index in [1.165, 1.54) is 5.69 Å². The third-order valence-electron chi connectivity index (χ3n) is 3.18. The van der Waals surface area contributed by atoms with E-state index in [4.69, 9.17) is 17.3 Å². The molecule has 0 bridgehead atoms. The van der Waals surface area contributed by atoms with Crippen LogP contribution in [0, 0.1) is 0 Å². The first kappa shape index (κ1) is 14.7. The van der Waals surface area contributed by atoms with Crippen molar-refractivity contribution in [3.63, 3.8) is 0 Å². The molecule has 0 aliphatic rings. The number of anilines is 2. The largest absolute Gasteiger partial charge is 0.384 e. The standard InChI is InChI=1S/C16H20ClN3/c1-2-3-11-20(13-7-5-4-6-8-13)12-15-14(17)9-10-16(18)19-15/h4-10H,2-3,11-12H2,1H3,(H2,18,19). The predicted octanol–water partition coefficient (Wildman–Crippen LogP) is 4.12. The fraction of sp³-hybridized carbons (Fsp3) is 0.312. The summed E-state index contributed by atoms with van der Waals surface area (Å²) < 4.78 is 0. The SMILES string of the molecule is CCCCN(Cc1nc(N)ccc1Cl)c1ccccc1. The van der Waals surface area contributed by atoms with Crippen molar-refractivity contribution in [3.8, 4) is 0 Å². The quantitative estimate of drug-likeness (QED) is 0.869. The van der Waals surface area contributed by atoms with E-state index in [9.17, 15) is 0 Å². The Labute approximate surface area is 125 Å². The molecule has 2 N–H and O–H groups in total. The molecule has 1 heterocycles. The lowest BCUT2D eigenvalue weighted by atomic mass is 10.2. The Hall–Kier alpha value is -1.74. The van der Waals surface area contributed by atoms with Crippen LogP contribution in [0.3, 0.4) is 0 Å². The summed E-state index contributed by atoms with van der Waals surface area (Å²) in [7, 11) is 0. The van der Waals surface area contributed by atoms with Crippen LogP contribution in [-0.4, -0.2) is 11.5 Å². The number of nitrogen functional groups attached to an aromatic ring is 1. The van der Waals surface area contributed by atoms with Gasteiger partial charge in [0.05, 0.1) is 17.3 Å². The lowest BCUT2D eigenvalue weighted by Crippen LogP contribution is -2.24. The number of unbranched alkanes of at least 4 members (excludes halogenated alkanes) is 1. The number of nitrogens with zero attached hydrogens (tertiary/aromatic N) is 2. The summed E-state index contributed by atoms with van der Waals surface area (Å²) in [5.41, 5.74) is 7.76. The van der Waals surface area contributed by atoms with Gasteiger partial charge in [-0.15, -0.1) is 0 Å². The van der Waals surface area contributed by atoms with Gasteiger partial charge in [-0.25, -0.2) is 4.98 Å². The molecule has 1 aromatic heterocycles. The van der Waals surface area contributed by atoms with Crippen molar-refractivity contribution in [1.82, 2.24) is 4.98 Å². The highest BCUT2D eigenvalue weighted by Crippen LogP contribution is 2.21. The minimum absolute atomic E-state index is 0.507. The van der Waals surface area contributed by atoms with Gasteiger partial charge < -0.3 is 10.6 Å². The molecule has 0 aliphatic carbocycles. The summed E-state index contributed by atoms with van der Waals surface area (Å²) in [4.78, 5) is 6.64. The first-order valence-electron chi connectivity index (χ1n) is 6.91. The second kappa shape index (κ2) is 7.15. The highest BCUT2D eigenvalue weighted by molar-refractivity contribution is 6.31. The van der Waals surface area contributed by atoms with Gasteiger partial charge in [-0.1, -0.05) is 43.1 Å². The molecule has 0 radical (unpaired) electrons. The minimum Gasteiger partial charge on any atom is -0.384 e. The average molecular weight is 290 g/mol. The summed E-state index contributed by atoms with van der Waals surface area (Å²) >= 11 is 6.22. The number of rotatable bonds is 6. The Balaban J connectivity index is 2.21. The van der Waals surface area contributed by atoms with Crippen LogP contribution in [0.15, 0.2) is 42.5 Å². The molecular formula is C16H20ClN3. The van der Waals surface area contributed by atoms with Crippen molar-refractivity contribution in [2.75, 3.05) is 17.2 Å². The van der Waals surface area contributed by atoms with Crippen LogP contribution in [0.1, 0.15) is 25.5 Å². The van der Waals surface area contributed by atoms with Crippen LogP contribution in [0.5, 0.6) is 0 Å². The van der Waals surface area contributed by atoms with Crippen molar-refractivity contribution in [2.45, 2.75) is 26.3 Å². The molecule has 1 aromatic carbocycles. The maximum absolute atomic E-state index is 6.22. The van der Waals surface area contributed by atoms with E-state index >= 15 is 0 Å². The molecule has 3 nitrogen and oxygen atoms in total. The first-order chi connectivity index (χ1) is 9.70. The number of pyridine rings is 1. The maximum Gasteiger partial charge on any atom is 0.123 e. The molecule has 4 heteroatoms. The first-order valence-corrected chi connectivity index (χ1v) is 7.29. The Kier molecular flexibility index (Phi) is 5.24. The zero-order chi connectivity index (χ0) is 14.4. The number of nitrogens with two attached hydrogens (primary N) is 1. The molecule has 0 saturated heterocycles. The van der Waals surface area contributed by atoms with Crippen molar-refractivity contribution in [3.05, 3.63) is 53.2 Å². The molecule has 2 aromatic rings. The highest BCUT2D eigenvalue weighted by Gasteiger charge is 2.10. The number of hydrogen-bond acceptors (Lipinski definition) is 3. The maximum atomic E-state index is 6.22. The van der Waals surface area contributed by atoms with Gasteiger partial charge in [0, 0.05) is 12.2 Å². The topological polar surface area (TPSA) is 42.2 Å². The third-order valence-corrected chi connectivity index (χ3v) is 3.53. The Morgan fingerprint density at radius 1 is 1.15 bits per heavy atom. The van der Waals surface area contributed by atoms with Crippen molar-refractivity contribution in [1.29, 1.82) is 0 Å². The molecule has 0 saturated carbocycles. The van der Waals surface area contributed by atoms with Crippen LogP contribution in [-0.2, 0) is 6.54 Å². The zero-order valence-electron chi connectivity index (χ0n) is 11.7. The van der Waals surface area contributed by atoms with Gasteiger partial charge in [0.1, 0.15) is 5.82 Å². The molecule has 0 atom stereocenters. The fourth-order valence-corrected chi connectivity index (χ4v) is 2.25. The number of aromatic nitrogens is 1. The second-order valence-corrected chi connectivity index (χ2v) is 5.18. The number of para-hydroxylation sites is 1. The van der Waals surface area contributed by atoms with E-state index in [2.05, 4.69) is 28.9 Å². The second-order valence-electron chi connectivity index (χ2n) is 4.78. The van der Waals surface area contributed by atoms with Crippen LogP contribution in [0.25, 0.3) is 0 Å². The van der Waals surface area contributed by atoms with Crippen LogP contribution < -0.4 is 10.6 Å². The summed E-state index contributed by atoms with van der Waals surface area (Å²) in [5.74, 6) is 0.507. The minimum atomic E-state index is 0.507. The molecule has 0 amide bonds. The van der Waals surface area contributed by atoms with Crippen molar-refractivity contribution in [2.24, 2.45) is 0 Å². The van der Waals surface area contributed by atoms with Crippen molar-refractivity contribution < 1.29 is 0 Å². The van der Waals surface area contributed by atoms with Gasteiger partial charge in [0.15, 0.2) is 0 Å². The zero-order valence-corrected chi connectivity index (χ0v) is 12.5. The van der Waals surface area contributed by atoms with Gasteiger partial charge in [-0.3, -0.25) is 0 Å². The third kappa shape index (κ3) is 3.87. The van der Waals surface area contributed by atoms with E-state index in [-0.39, 0.29) is 0 Å². The lowest BCUT2D eigenvalue weighted by molar-refractivity contribution is 0.708. The van der Waals surface area contributed by atoms with Crippen LogP contribution >= 0.6 is 11.6 Å². The molecule has 0 aliphatic heterocycles. The van der Waals surface area contributed by atoms with E-state index in [0.29, 0.717) is 17.4 Å². The molecule has 0 fully saturated rings. The predicted molar refractivity (Wildman–Crippen MR) is 86.1 cm³/mol. The molecular weight excluding hydrogens is 270 g/mol. The molecule has 106 valence electrons. The van der Waals surface area contributed by atoms with Gasteiger partial charge in [0.2, 0.25) is 0 Å². The van der Waals surface area contributed by atoms with Gasteiger partial charge >= 0.3 is 0 Å². The summed E-state index contributed by atoms with van der Waals surface area (Å²) in [6.45, 7) is 3.84. The Bertz CT molecular complexity index is 543. The lowest BCUT2D eigenvalue weighted by Gasteiger charge is -2.25. The Morgan fingerprint density at radius 3 is 2.60 bits per heavy atom. The monoisotopic (exact) mass is 289 g/mol.